The molecule has 1 saturated carbocycles. The fraction of sp³-hybridized carbons (Fsp3) is 1.00. The van der Waals surface area contributed by atoms with Crippen molar-refractivity contribution in [1.29, 1.82) is 0 Å². The Balaban J connectivity index is 2.27. The van der Waals surface area contributed by atoms with Crippen molar-refractivity contribution in [2.24, 2.45) is 17.3 Å². The van der Waals surface area contributed by atoms with Gasteiger partial charge in [-0.05, 0) is 30.6 Å². The Kier molecular flexibility index (Phi) is 3.10. The van der Waals surface area contributed by atoms with Crippen molar-refractivity contribution >= 4 is 18.7 Å². The molecule has 0 aromatic heterocycles. The second-order valence-electron chi connectivity index (χ2n) is 6.19. The van der Waals surface area contributed by atoms with E-state index in [0.29, 0.717) is 17.6 Å². The van der Waals surface area contributed by atoms with Gasteiger partial charge in [0.25, 0.3) is 0 Å². The van der Waals surface area contributed by atoms with Gasteiger partial charge in [-0.1, -0.05) is 27.7 Å². The molecule has 1 aliphatic carbocycles. The number of hydrogen-bond donors (Lipinski definition) is 0. The van der Waals surface area contributed by atoms with Crippen LogP contribution in [0.5, 0.6) is 0 Å². The van der Waals surface area contributed by atoms with Crippen LogP contribution < -0.4 is 0 Å². The zero-order chi connectivity index (χ0) is 12.1. The van der Waals surface area contributed by atoms with Crippen molar-refractivity contribution in [3.05, 3.63) is 0 Å². The van der Waals surface area contributed by atoms with Crippen LogP contribution in [0.4, 0.5) is 0 Å². The number of alkyl halides is 1. The minimum absolute atomic E-state index is 0.171. The highest BCUT2D eigenvalue weighted by Gasteiger charge is 2.59. The molecule has 0 aromatic rings. The van der Waals surface area contributed by atoms with Gasteiger partial charge < -0.3 is 9.31 Å². The Morgan fingerprint density at radius 2 is 1.94 bits per heavy atom. The molecule has 0 amide bonds. The summed E-state index contributed by atoms with van der Waals surface area (Å²) in [7, 11) is -0.222. The summed E-state index contributed by atoms with van der Waals surface area (Å²) >= 11 is 5.84. The fourth-order valence-electron chi connectivity index (χ4n) is 3.23. The largest absolute Gasteiger partial charge is 0.473 e. The molecule has 1 saturated heterocycles. The summed E-state index contributed by atoms with van der Waals surface area (Å²) in [6.07, 6.45) is 1.27. The lowest BCUT2D eigenvalue weighted by Gasteiger charge is -2.53. The van der Waals surface area contributed by atoms with Crippen molar-refractivity contribution in [2.45, 2.75) is 52.7 Å². The summed E-state index contributed by atoms with van der Waals surface area (Å²) in [6.45, 7) is 11.4. The molecule has 92 valence electrons. The van der Waals surface area contributed by atoms with Crippen LogP contribution in [0.2, 0.25) is 0 Å². The van der Waals surface area contributed by atoms with Crippen LogP contribution in [0.25, 0.3) is 0 Å². The van der Waals surface area contributed by atoms with Gasteiger partial charge in [0.1, 0.15) is 0 Å². The van der Waals surface area contributed by atoms with Gasteiger partial charge in [-0.2, -0.15) is 0 Å². The molecular formula is C12H22BClO2. The van der Waals surface area contributed by atoms with Crippen molar-refractivity contribution < 1.29 is 9.31 Å². The standard InChI is InChI=1S/C12H22BClO2/c1-8-6-10-12(5,9(2)11(8,3)4)16-13(7-14)15-10/h8-10H,6-7H2,1-5H3/t8?,9?,10?,12-/m0/s1. The molecule has 4 atom stereocenters. The van der Waals surface area contributed by atoms with Crippen molar-refractivity contribution in [1.82, 2.24) is 0 Å². The lowest BCUT2D eigenvalue weighted by atomic mass is 9.57. The summed E-state index contributed by atoms with van der Waals surface area (Å²) in [5.74, 6) is 1.55. The molecule has 1 aliphatic heterocycles. The van der Waals surface area contributed by atoms with Gasteiger partial charge >= 0.3 is 7.12 Å². The van der Waals surface area contributed by atoms with E-state index in [1.807, 2.05) is 0 Å². The Labute approximate surface area is 104 Å². The van der Waals surface area contributed by atoms with Crippen LogP contribution in [0.1, 0.15) is 41.0 Å². The second kappa shape index (κ2) is 3.89. The zero-order valence-corrected chi connectivity index (χ0v) is 11.7. The van der Waals surface area contributed by atoms with Crippen LogP contribution in [0.15, 0.2) is 0 Å². The van der Waals surface area contributed by atoms with Gasteiger partial charge in [0.2, 0.25) is 0 Å². The smallest absolute Gasteiger partial charge is 0.405 e. The third kappa shape index (κ3) is 1.63. The van der Waals surface area contributed by atoms with Gasteiger partial charge in [-0.25, -0.2) is 0 Å². The summed E-state index contributed by atoms with van der Waals surface area (Å²) in [5.41, 5.74) is 0.116. The lowest BCUT2D eigenvalue weighted by Crippen LogP contribution is -2.56. The van der Waals surface area contributed by atoms with Gasteiger partial charge in [-0.3, -0.25) is 0 Å². The van der Waals surface area contributed by atoms with Gasteiger partial charge in [0.05, 0.1) is 17.5 Å². The van der Waals surface area contributed by atoms with Crippen LogP contribution >= 0.6 is 11.6 Å². The van der Waals surface area contributed by atoms with E-state index in [0.717, 1.165) is 6.42 Å². The molecule has 0 bridgehead atoms. The Hall–Kier alpha value is 0.275. The predicted octanol–water partition coefficient (Wildman–Crippen LogP) is 3.13. The first-order chi connectivity index (χ1) is 7.32. The van der Waals surface area contributed by atoms with E-state index in [-0.39, 0.29) is 24.2 Å². The molecule has 4 heteroatoms. The normalized spacial score (nSPS) is 46.9. The molecule has 2 fully saturated rings. The molecule has 16 heavy (non-hydrogen) atoms. The number of fused-ring (bicyclic) bond motifs is 1. The maximum atomic E-state index is 6.04. The molecule has 2 rings (SSSR count). The molecule has 2 aliphatic rings. The summed E-state index contributed by atoms with van der Waals surface area (Å²) in [6, 6.07) is 0. The number of halogens is 1. The van der Waals surface area contributed by atoms with Crippen molar-refractivity contribution in [2.75, 3.05) is 5.78 Å². The molecule has 0 spiro atoms. The predicted molar refractivity (Wildman–Crippen MR) is 67.6 cm³/mol. The van der Waals surface area contributed by atoms with E-state index >= 15 is 0 Å². The average Bonchev–Trinajstić information content (AvgIpc) is 2.54. The Morgan fingerprint density at radius 3 is 2.50 bits per heavy atom. The van der Waals surface area contributed by atoms with Crippen LogP contribution in [0.3, 0.4) is 0 Å². The van der Waals surface area contributed by atoms with E-state index < -0.39 is 0 Å². The molecule has 0 aromatic carbocycles. The monoisotopic (exact) mass is 244 g/mol. The third-order valence-corrected chi connectivity index (χ3v) is 5.53. The van der Waals surface area contributed by atoms with Gasteiger partial charge in [0, 0.05) is 0 Å². The van der Waals surface area contributed by atoms with E-state index in [9.17, 15) is 0 Å². The van der Waals surface area contributed by atoms with Crippen LogP contribution in [-0.4, -0.2) is 24.6 Å². The van der Waals surface area contributed by atoms with Crippen molar-refractivity contribution in [3.8, 4) is 0 Å². The molecule has 1 heterocycles. The maximum absolute atomic E-state index is 6.04. The molecule has 3 unspecified atom stereocenters. The highest BCUT2D eigenvalue weighted by Crippen LogP contribution is 2.54. The van der Waals surface area contributed by atoms with Gasteiger partial charge in [0.15, 0.2) is 0 Å². The quantitative estimate of drug-likeness (QED) is 0.521. The summed E-state index contributed by atoms with van der Waals surface area (Å²) in [4.78, 5) is 0. The highest BCUT2D eigenvalue weighted by molar-refractivity contribution is 6.57. The van der Waals surface area contributed by atoms with Crippen molar-refractivity contribution in [3.63, 3.8) is 0 Å². The fourth-order valence-corrected chi connectivity index (χ4v) is 3.37. The highest BCUT2D eigenvalue weighted by atomic mass is 35.5. The SMILES string of the molecule is CC1CC2OB(CCl)O[C@@]2(C)C(C)C1(C)C. The van der Waals surface area contributed by atoms with Crippen LogP contribution in [-0.2, 0) is 9.31 Å². The molecule has 2 nitrogen and oxygen atoms in total. The number of hydrogen-bond acceptors (Lipinski definition) is 2. The van der Waals surface area contributed by atoms with E-state index in [1.165, 1.54) is 0 Å². The molecule has 0 radical (unpaired) electrons. The Morgan fingerprint density at radius 1 is 1.31 bits per heavy atom. The minimum atomic E-state index is -0.222. The Bertz CT molecular complexity index is 284. The lowest BCUT2D eigenvalue weighted by molar-refractivity contribution is -0.110. The second-order valence-corrected chi connectivity index (χ2v) is 6.50. The topological polar surface area (TPSA) is 18.5 Å². The minimum Gasteiger partial charge on any atom is -0.405 e. The molecule has 0 N–H and O–H groups in total. The van der Waals surface area contributed by atoms with E-state index in [4.69, 9.17) is 20.9 Å². The van der Waals surface area contributed by atoms with Crippen LogP contribution in [0, 0.1) is 17.3 Å². The third-order valence-electron chi connectivity index (χ3n) is 5.28. The summed E-state index contributed by atoms with van der Waals surface area (Å²) in [5, 5.41) is 0. The number of rotatable bonds is 1. The first-order valence-corrected chi connectivity index (χ1v) is 6.75. The van der Waals surface area contributed by atoms with E-state index in [2.05, 4.69) is 34.6 Å². The maximum Gasteiger partial charge on any atom is 0.473 e. The van der Waals surface area contributed by atoms with E-state index in [1.54, 1.807) is 0 Å². The summed E-state index contributed by atoms with van der Waals surface area (Å²) < 4.78 is 11.9. The molecular weight excluding hydrogens is 222 g/mol. The zero-order valence-electron chi connectivity index (χ0n) is 10.9. The van der Waals surface area contributed by atoms with Gasteiger partial charge in [-0.15, -0.1) is 11.6 Å². The first-order valence-electron chi connectivity index (χ1n) is 6.21. The average molecular weight is 245 g/mol. The first kappa shape index (κ1) is 12.7.